The van der Waals surface area contributed by atoms with Crippen LogP contribution in [0.1, 0.15) is 55.3 Å². The van der Waals surface area contributed by atoms with Gasteiger partial charge in [0.05, 0.1) is 0 Å². The second kappa shape index (κ2) is 9.93. The fraction of sp³-hybridized carbons (Fsp3) is 0.600. The van der Waals surface area contributed by atoms with Crippen LogP contribution in [-0.4, -0.2) is 41.9 Å². The number of benzene rings is 1. The van der Waals surface area contributed by atoms with Crippen LogP contribution in [0.4, 0.5) is 0 Å². The van der Waals surface area contributed by atoms with Crippen LogP contribution in [-0.2, 0) is 4.79 Å². The van der Waals surface area contributed by atoms with Crippen LogP contribution in [0.5, 0.6) is 0 Å². The minimum atomic E-state index is -0.0728. The third kappa shape index (κ3) is 5.21. The van der Waals surface area contributed by atoms with E-state index in [1.165, 1.54) is 0 Å². The van der Waals surface area contributed by atoms with Gasteiger partial charge in [-0.3, -0.25) is 9.59 Å². The molecule has 0 bridgehead atoms. The van der Waals surface area contributed by atoms with Crippen LogP contribution in [0.2, 0.25) is 0 Å². The summed E-state index contributed by atoms with van der Waals surface area (Å²) >= 11 is 0. The molecule has 1 saturated carbocycles. The van der Waals surface area contributed by atoms with Crippen LogP contribution >= 0.6 is 12.4 Å². The Bertz CT molecular complexity index is 596. The number of halogens is 1. The molecule has 5 nitrogen and oxygen atoms in total. The van der Waals surface area contributed by atoms with Crippen LogP contribution in [0.25, 0.3) is 0 Å². The molecule has 2 aliphatic rings. The van der Waals surface area contributed by atoms with Crippen molar-refractivity contribution in [3.63, 3.8) is 0 Å². The summed E-state index contributed by atoms with van der Waals surface area (Å²) in [6, 6.07) is 9.50. The molecule has 144 valence electrons. The number of hydrogen-bond donors (Lipinski definition) is 2. The van der Waals surface area contributed by atoms with Crippen molar-refractivity contribution in [1.29, 1.82) is 0 Å². The molecule has 0 aromatic heterocycles. The first-order chi connectivity index (χ1) is 12.1. The highest BCUT2D eigenvalue weighted by Crippen LogP contribution is 2.28. The fourth-order valence-electron chi connectivity index (χ4n) is 4.10. The molecule has 2 amide bonds. The minimum Gasteiger partial charge on any atom is -0.350 e. The van der Waals surface area contributed by atoms with Gasteiger partial charge in [0.25, 0.3) is 5.91 Å². The largest absolute Gasteiger partial charge is 0.350 e. The maximum absolute atomic E-state index is 12.8. The number of carbonyl (C=O) groups excluding carboxylic acids is 2. The molecule has 0 spiro atoms. The second-order valence-corrected chi connectivity index (χ2v) is 7.37. The van der Waals surface area contributed by atoms with Crippen molar-refractivity contribution >= 4 is 24.2 Å². The average Bonchev–Trinajstić information content (AvgIpc) is 3.05. The SMILES string of the molecule is Cl.N[C@@H]1CCC[C@H]1CC(=O)N1CCCCC1CNC(=O)c1ccccc1. The van der Waals surface area contributed by atoms with Crippen LogP contribution in [0.3, 0.4) is 0 Å². The predicted molar refractivity (Wildman–Crippen MR) is 105 cm³/mol. The maximum atomic E-state index is 12.8. The van der Waals surface area contributed by atoms with Crippen molar-refractivity contribution in [2.24, 2.45) is 11.7 Å². The molecule has 26 heavy (non-hydrogen) atoms. The highest BCUT2D eigenvalue weighted by Gasteiger charge is 2.31. The number of rotatable bonds is 5. The standard InChI is InChI=1S/C20H29N3O2.ClH/c21-18-11-6-9-16(18)13-19(24)23-12-5-4-10-17(23)14-22-20(25)15-7-2-1-3-8-15;/h1-3,7-8,16-18H,4-6,9-14,21H2,(H,22,25);1H/t16-,17?,18+;/m0./s1. The van der Waals surface area contributed by atoms with Crippen molar-refractivity contribution in [1.82, 2.24) is 10.2 Å². The van der Waals surface area contributed by atoms with Crippen LogP contribution in [0, 0.1) is 5.92 Å². The fourth-order valence-corrected chi connectivity index (χ4v) is 4.10. The molecule has 1 aromatic rings. The molecular weight excluding hydrogens is 350 g/mol. The highest BCUT2D eigenvalue weighted by atomic mass is 35.5. The van der Waals surface area contributed by atoms with E-state index in [1.807, 2.05) is 23.1 Å². The summed E-state index contributed by atoms with van der Waals surface area (Å²) in [5.74, 6) is 0.464. The molecule has 1 heterocycles. The van der Waals surface area contributed by atoms with E-state index >= 15 is 0 Å². The van der Waals surface area contributed by atoms with Crippen molar-refractivity contribution in [2.75, 3.05) is 13.1 Å². The van der Waals surface area contributed by atoms with E-state index in [1.54, 1.807) is 12.1 Å². The zero-order chi connectivity index (χ0) is 17.6. The summed E-state index contributed by atoms with van der Waals surface area (Å²) < 4.78 is 0. The van der Waals surface area contributed by atoms with E-state index in [2.05, 4.69) is 5.32 Å². The van der Waals surface area contributed by atoms with Gasteiger partial charge in [0.15, 0.2) is 0 Å². The first kappa shape index (κ1) is 20.7. The number of nitrogens with zero attached hydrogens (tertiary/aromatic N) is 1. The number of nitrogens with two attached hydrogens (primary N) is 1. The summed E-state index contributed by atoms with van der Waals surface area (Å²) in [4.78, 5) is 27.0. The quantitative estimate of drug-likeness (QED) is 0.825. The molecule has 0 radical (unpaired) electrons. The normalized spacial score (nSPS) is 25.4. The van der Waals surface area contributed by atoms with Gasteiger partial charge in [-0.05, 0) is 50.2 Å². The van der Waals surface area contributed by atoms with Crippen molar-refractivity contribution in [2.45, 2.75) is 57.0 Å². The number of nitrogens with one attached hydrogen (secondary N) is 1. The molecule has 1 saturated heterocycles. The van der Waals surface area contributed by atoms with Gasteiger partial charge in [0.1, 0.15) is 0 Å². The van der Waals surface area contributed by atoms with E-state index in [0.717, 1.165) is 45.1 Å². The van der Waals surface area contributed by atoms with Gasteiger partial charge in [-0.25, -0.2) is 0 Å². The Hall–Kier alpha value is -1.59. The van der Waals surface area contributed by atoms with E-state index in [9.17, 15) is 9.59 Å². The van der Waals surface area contributed by atoms with E-state index < -0.39 is 0 Å². The van der Waals surface area contributed by atoms with Gasteiger partial charge < -0.3 is 16.0 Å². The summed E-state index contributed by atoms with van der Waals surface area (Å²) in [6.07, 6.45) is 6.91. The van der Waals surface area contributed by atoms with Gasteiger partial charge in [-0.1, -0.05) is 24.6 Å². The molecule has 1 aliphatic carbocycles. The molecule has 1 unspecified atom stereocenters. The first-order valence-corrected chi connectivity index (χ1v) is 9.53. The zero-order valence-corrected chi connectivity index (χ0v) is 16.0. The van der Waals surface area contributed by atoms with Crippen LogP contribution < -0.4 is 11.1 Å². The molecule has 3 rings (SSSR count). The molecule has 1 aromatic carbocycles. The van der Waals surface area contributed by atoms with Gasteiger partial charge >= 0.3 is 0 Å². The lowest BCUT2D eigenvalue weighted by Gasteiger charge is -2.36. The van der Waals surface area contributed by atoms with Gasteiger partial charge in [0, 0.05) is 37.2 Å². The molecule has 6 heteroatoms. The molecule has 3 N–H and O–H groups in total. The number of amides is 2. The Kier molecular flexibility index (Phi) is 7.91. The smallest absolute Gasteiger partial charge is 0.251 e. The Balaban J connectivity index is 0.00000243. The maximum Gasteiger partial charge on any atom is 0.251 e. The molecule has 1 aliphatic heterocycles. The average molecular weight is 380 g/mol. The third-order valence-corrected chi connectivity index (χ3v) is 5.64. The van der Waals surface area contributed by atoms with Gasteiger partial charge in [-0.15, -0.1) is 12.4 Å². The number of likely N-dealkylation sites (tertiary alicyclic amines) is 1. The van der Waals surface area contributed by atoms with Crippen LogP contribution in [0.15, 0.2) is 30.3 Å². The Morgan fingerprint density at radius 3 is 2.54 bits per heavy atom. The lowest BCUT2D eigenvalue weighted by Crippen LogP contribution is -2.50. The number of piperidine rings is 1. The van der Waals surface area contributed by atoms with E-state index in [0.29, 0.717) is 24.4 Å². The summed E-state index contributed by atoms with van der Waals surface area (Å²) in [5, 5.41) is 3.00. The summed E-state index contributed by atoms with van der Waals surface area (Å²) in [7, 11) is 0. The first-order valence-electron chi connectivity index (χ1n) is 9.53. The lowest BCUT2D eigenvalue weighted by molar-refractivity contribution is -0.135. The van der Waals surface area contributed by atoms with Crippen molar-refractivity contribution < 1.29 is 9.59 Å². The predicted octanol–water partition coefficient (Wildman–Crippen LogP) is 2.74. The Morgan fingerprint density at radius 1 is 1.08 bits per heavy atom. The molecule has 2 fully saturated rings. The lowest BCUT2D eigenvalue weighted by atomic mass is 9.96. The van der Waals surface area contributed by atoms with E-state index in [-0.39, 0.29) is 36.3 Å². The Morgan fingerprint density at radius 2 is 1.85 bits per heavy atom. The summed E-state index contributed by atoms with van der Waals surface area (Å²) in [6.45, 7) is 1.32. The molecule has 3 atom stereocenters. The third-order valence-electron chi connectivity index (χ3n) is 5.64. The van der Waals surface area contributed by atoms with E-state index in [4.69, 9.17) is 5.73 Å². The number of hydrogen-bond acceptors (Lipinski definition) is 3. The van der Waals surface area contributed by atoms with Crippen molar-refractivity contribution in [3.8, 4) is 0 Å². The van der Waals surface area contributed by atoms with Crippen molar-refractivity contribution in [3.05, 3.63) is 35.9 Å². The number of carbonyl (C=O) groups is 2. The Labute approximate surface area is 162 Å². The topological polar surface area (TPSA) is 75.4 Å². The minimum absolute atomic E-state index is 0. The monoisotopic (exact) mass is 379 g/mol. The van der Waals surface area contributed by atoms with Gasteiger partial charge in [-0.2, -0.15) is 0 Å². The van der Waals surface area contributed by atoms with Gasteiger partial charge in [0.2, 0.25) is 5.91 Å². The summed E-state index contributed by atoms with van der Waals surface area (Å²) in [5.41, 5.74) is 6.79. The molecular formula is C20H30ClN3O2. The second-order valence-electron chi connectivity index (χ2n) is 7.37. The zero-order valence-electron chi connectivity index (χ0n) is 15.2. The highest BCUT2D eigenvalue weighted by molar-refractivity contribution is 5.94.